The van der Waals surface area contributed by atoms with Crippen LogP contribution in [0.3, 0.4) is 0 Å². The minimum atomic E-state index is -2.03. The smallest absolute Gasteiger partial charge is 0.416 e. The van der Waals surface area contributed by atoms with E-state index in [9.17, 15) is 19.1 Å². The minimum absolute atomic E-state index is 0. The zero-order valence-corrected chi connectivity index (χ0v) is 33.8. The highest BCUT2D eigenvalue weighted by Crippen LogP contribution is 2.41. The molecule has 0 saturated heterocycles. The largest absolute Gasteiger partial charge is 1.00 e. The van der Waals surface area contributed by atoms with Crippen molar-refractivity contribution < 1.29 is 61.5 Å². The molecule has 0 aliphatic carbocycles. The zero-order valence-electron chi connectivity index (χ0n) is 30.0. The van der Waals surface area contributed by atoms with Crippen LogP contribution in [0.5, 0.6) is 0 Å². The number of carbonyl (C=O) groups excluding carboxylic acids is 2. The summed E-state index contributed by atoms with van der Waals surface area (Å²) in [4.78, 5) is 31.3. The first-order valence-corrected chi connectivity index (χ1v) is 17.1. The zero-order chi connectivity index (χ0) is 37.6. The summed E-state index contributed by atoms with van der Waals surface area (Å²) in [5, 5.41) is 30.8. The number of likely N-dealkylation sites (N-methyl/N-ethyl adjacent to an activating group) is 1. The molecule has 0 saturated carbocycles. The fraction of sp³-hybridized carbons (Fsp3) is 0.297. The Morgan fingerprint density at radius 3 is 2.57 bits per heavy atom. The lowest BCUT2D eigenvalue weighted by Crippen LogP contribution is -3.00. The molecule has 0 spiro atoms. The van der Waals surface area contributed by atoms with Gasteiger partial charge >= 0.3 is 12.1 Å². The second-order valence-corrected chi connectivity index (χ2v) is 13.1. The second kappa shape index (κ2) is 19.2. The SMILES string of the molecule is CNCC(=O)OCc1c(C)cccc1N(C)C(=O)OC(C)[n+]1cnn(CC(O)(c2cc(F)ccc2F)C(C)c2nc(-c3ccc(C#N)cc3)cs2)c1.Cl.[I-]. The number of amides is 1. The summed E-state index contributed by atoms with van der Waals surface area (Å²) >= 11 is 1.25. The maximum Gasteiger partial charge on any atom is 0.416 e. The van der Waals surface area contributed by atoms with Crippen molar-refractivity contribution in [2.75, 3.05) is 25.5 Å². The predicted octanol–water partition coefficient (Wildman–Crippen LogP) is 2.92. The van der Waals surface area contributed by atoms with Gasteiger partial charge in [-0.15, -0.1) is 28.4 Å². The lowest BCUT2D eigenvalue weighted by molar-refractivity contribution is -0.753. The van der Waals surface area contributed by atoms with E-state index >= 15 is 4.39 Å². The highest BCUT2D eigenvalue weighted by atomic mass is 127. The highest BCUT2D eigenvalue weighted by molar-refractivity contribution is 7.10. The quantitative estimate of drug-likeness (QED) is 0.104. The maximum absolute atomic E-state index is 15.4. The van der Waals surface area contributed by atoms with Gasteiger partial charge in [0.05, 0.1) is 34.6 Å². The molecule has 54 heavy (non-hydrogen) atoms. The Morgan fingerprint density at radius 1 is 1.17 bits per heavy atom. The summed E-state index contributed by atoms with van der Waals surface area (Å²) in [6.07, 6.45) is 1.29. The van der Waals surface area contributed by atoms with E-state index in [-0.39, 0.29) is 61.6 Å². The van der Waals surface area contributed by atoms with Crippen LogP contribution >= 0.6 is 23.7 Å². The summed E-state index contributed by atoms with van der Waals surface area (Å²) < 4.78 is 43.8. The Kier molecular flexibility index (Phi) is 15.6. The minimum Gasteiger partial charge on any atom is -1.00 e. The first kappa shape index (κ1) is 43.9. The van der Waals surface area contributed by atoms with E-state index in [0.717, 1.165) is 29.3 Å². The van der Waals surface area contributed by atoms with E-state index in [1.807, 2.05) is 13.0 Å². The number of anilines is 1. The normalized spacial score (nSPS) is 12.9. The van der Waals surface area contributed by atoms with Crippen molar-refractivity contribution in [1.29, 1.82) is 5.26 Å². The van der Waals surface area contributed by atoms with Gasteiger partial charge in [-0.1, -0.05) is 31.2 Å². The van der Waals surface area contributed by atoms with Crippen molar-refractivity contribution in [3.8, 4) is 17.3 Å². The van der Waals surface area contributed by atoms with E-state index in [1.165, 1.54) is 45.2 Å². The van der Waals surface area contributed by atoms with Gasteiger partial charge < -0.3 is 43.9 Å². The second-order valence-electron chi connectivity index (χ2n) is 12.2. The third kappa shape index (κ3) is 9.95. The van der Waals surface area contributed by atoms with Crippen LogP contribution in [0.15, 0.2) is 78.7 Å². The van der Waals surface area contributed by atoms with Crippen LogP contribution in [0.2, 0.25) is 0 Å². The molecule has 3 unspecified atom stereocenters. The molecule has 12 nitrogen and oxygen atoms in total. The molecule has 0 aliphatic rings. The van der Waals surface area contributed by atoms with Crippen molar-refractivity contribution in [1.82, 2.24) is 20.1 Å². The predicted molar refractivity (Wildman–Crippen MR) is 195 cm³/mol. The molecule has 17 heteroatoms. The van der Waals surface area contributed by atoms with Crippen LogP contribution in [0.1, 0.15) is 53.3 Å². The van der Waals surface area contributed by atoms with Crippen molar-refractivity contribution in [3.05, 3.63) is 118 Å². The summed E-state index contributed by atoms with van der Waals surface area (Å²) in [6.45, 7) is 4.83. The average Bonchev–Trinajstić information content (AvgIpc) is 3.82. The molecule has 2 heterocycles. The van der Waals surface area contributed by atoms with Crippen LogP contribution in [0, 0.1) is 29.9 Å². The molecule has 286 valence electrons. The van der Waals surface area contributed by atoms with E-state index in [4.69, 9.17) is 19.7 Å². The standard InChI is InChI=1S/C37H38F2N7O5S.ClH.HI/c1-23-7-6-8-33(29(23)18-50-34(47)17-41-4)44(5)36(48)51-25(3)45-21-42-46(22-45)20-37(49,30-15-28(38)13-14-31(30)39)24(2)35-43-32(19-52-35)27-11-9-26(16-40)10-12-27;;/h6-15,19,21-22,24-25,41,49H,17-18,20H2,1-5H3;2*1H/q+1;;/p-1. The van der Waals surface area contributed by atoms with E-state index in [2.05, 4.69) is 16.5 Å². The van der Waals surface area contributed by atoms with Crippen molar-refractivity contribution in [2.24, 2.45) is 0 Å². The monoisotopic (exact) mass is 893 g/mol. The summed E-state index contributed by atoms with van der Waals surface area (Å²) in [6, 6.07) is 17.2. The van der Waals surface area contributed by atoms with Crippen LogP contribution in [-0.2, 0) is 33.0 Å². The van der Waals surface area contributed by atoms with Gasteiger partial charge in [-0.3, -0.25) is 9.69 Å². The molecule has 0 aliphatic heterocycles. The Hall–Kier alpha value is -4.54. The van der Waals surface area contributed by atoms with Crippen LogP contribution in [0.4, 0.5) is 19.3 Å². The molecule has 0 fully saturated rings. The summed E-state index contributed by atoms with van der Waals surface area (Å²) in [7, 11) is 3.17. The third-order valence-electron chi connectivity index (χ3n) is 8.73. The number of hydrogen-bond donors (Lipinski definition) is 2. The number of carbonyl (C=O) groups is 2. The molecule has 1 amide bonds. The van der Waals surface area contributed by atoms with Crippen molar-refractivity contribution in [3.63, 3.8) is 0 Å². The number of benzene rings is 3. The van der Waals surface area contributed by atoms with E-state index in [0.29, 0.717) is 27.5 Å². The maximum atomic E-state index is 15.4. The number of thiazole rings is 1. The molecule has 2 N–H and O–H groups in total. The number of nitriles is 1. The summed E-state index contributed by atoms with van der Waals surface area (Å²) in [5.74, 6) is -2.82. The number of esters is 1. The Labute approximate surface area is 338 Å². The van der Waals surface area contributed by atoms with Crippen LogP contribution < -0.4 is 38.8 Å². The molecular weight excluding hydrogens is 855 g/mol. The van der Waals surface area contributed by atoms with Gasteiger partial charge in [0.1, 0.15) is 30.4 Å². The number of hydrogen-bond acceptors (Lipinski definition) is 10. The number of ether oxygens (including phenoxy) is 2. The number of aryl methyl sites for hydroxylation is 1. The van der Waals surface area contributed by atoms with Gasteiger partial charge in [0, 0.05) is 47.1 Å². The van der Waals surface area contributed by atoms with Gasteiger partial charge in [-0.25, -0.2) is 18.6 Å². The third-order valence-corrected chi connectivity index (χ3v) is 9.75. The van der Waals surface area contributed by atoms with Crippen molar-refractivity contribution >= 4 is 41.5 Å². The van der Waals surface area contributed by atoms with Gasteiger partial charge in [-0.2, -0.15) is 9.83 Å². The van der Waals surface area contributed by atoms with Gasteiger partial charge in [-0.05, 0) is 55.9 Å². The number of aromatic nitrogens is 4. The topological polar surface area (TPSA) is 146 Å². The average molecular weight is 894 g/mol. The Balaban J connectivity index is 0.00000392. The molecular formula is C37H39ClF2IN7O5S. The molecule has 0 bridgehead atoms. The molecule has 2 aromatic heterocycles. The van der Waals surface area contributed by atoms with Crippen LogP contribution in [-0.4, -0.2) is 52.6 Å². The number of nitrogens with one attached hydrogen (secondary N) is 1. The first-order chi connectivity index (χ1) is 24.8. The van der Waals surface area contributed by atoms with E-state index in [1.54, 1.807) is 62.7 Å². The number of rotatable bonds is 13. The molecule has 0 radical (unpaired) electrons. The Bertz CT molecular complexity index is 2110. The Morgan fingerprint density at radius 2 is 1.89 bits per heavy atom. The fourth-order valence-electron chi connectivity index (χ4n) is 5.60. The molecule has 5 aromatic rings. The lowest BCUT2D eigenvalue weighted by Gasteiger charge is -2.32. The van der Waals surface area contributed by atoms with E-state index < -0.39 is 41.4 Å². The molecule has 5 rings (SSSR count). The van der Waals surface area contributed by atoms with Gasteiger partial charge in [0.15, 0.2) is 0 Å². The summed E-state index contributed by atoms with van der Waals surface area (Å²) in [5.41, 5.74) is 1.50. The van der Waals surface area contributed by atoms with Gasteiger partial charge in [0.25, 0.3) is 6.33 Å². The fourth-order valence-corrected chi connectivity index (χ4v) is 6.57. The number of halogens is 4. The molecule has 3 atom stereocenters. The number of nitrogens with zero attached hydrogens (tertiary/aromatic N) is 6. The van der Waals surface area contributed by atoms with Gasteiger partial charge in [0.2, 0.25) is 12.6 Å². The molecule has 3 aromatic carbocycles. The van der Waals surface area contributed by atoms with Crippen LogP contribution in [0.25, 0.3) is 11.3 Å². The first-order valence-electron chi connectivity index (χ1n) is 16.2. The number of aliphatic hydroxyl groups is 1. The van der Waals surface area contributed by atoms with Crippen molar-refractivity contribution in [2.45, 2.75) is 51.7 Å². The lowest BCUT2D eigenvalue weighted by atomic mass is 9.82. The highest BCUT2D eigenvalue weighted by Gasteiger charge is 2.43.